The first kappa shape index (κ1) is 13.7. The molecule has 2 rings (SSSR count). The molecule has 0 aliphatic carbocycles. The highest BCUT2D eigenvalue weighted by Crippen LogP contribution is 2.31. The molecule has 0 saturated carbocycles. The number of amides is 1. The summed E-state index contributed by atoms with van der Waals surface area (Å²) in [4.78, 5) is 13.2. The maximum atomic E-state index is 12.1. The zero-order valence-electron chi connectivity index (χ0n) is 10.8. The zero-order chi connectivity index (χ0) is 13.8. The molecular weight excluding hydrogens is 264 g/mol. The molecule has 1 amide bonds. The molecular formula is C12H16N4O2S. The lowest BCUT2D eigenvalue weighted by atomic mass is 10.3. The smallest absolute Gasteiger partial charge is 0.263 e. The molecule has 6 nitrogen and oxygen atoms in total. The predicted molar refractivity (Wildman–Crippen MR) is 75.2 cm³/mol. The highest BCUT2D eigenvalue weighted by Gasteiger charge is 2.17. The Morgan fingerprint density at radius 3 is 3.11 bits per heavy atom. The first-order valence-corrected chi connectivity index (χ1v) is 6.84. The molecule has 2 heterocycles. The van der Waals surface area contributed by atoms with Gasteiger partial charge < -0.3 is 15.8 Å². The fourth-order valence-corrected chi connectivity index (χ4v) is 2.66. The largest absolute Gasteiger partial charge is 0.397 e. The SMILES string of the molecule is CCOC(C)CNC(=O)c1sc2nnccc2c1N. The van der Waals surface area contributed by atoms with Crippen LogP contribution in [0, 0.1) is 0 Å². The molecule has 0 radical (unpaired) electrons. The number of ether oxygens (including phenoxy) is 1. The second-order valence-corrected chi connectivity index (χ2v) is 5.07. The monoisotopic (exact) mass is 280 g/mol. The van der Waals surface area contributed by atoms with Gasteiger partial charge in [-0.1, -0.05) is 0 Å². The standard InChI is InChI=1S/C12H16N4O2S/c1-3-18-7(2)6-14-11(17)10-9(13)8-4-5-15-16-12(8)19-10/h4-5,7H,3,6,13H2,1-2H3,(H,14,17). The van der Waals surface area contributed by atoms with Gasteiger partial charge in [0.15, 0.2) is 0 Å². The van der Waals surface area contributed by atoms with Gasteiger partial charge in [0.25, 0.3) is 5.91 Å². The van der Waals surface area contributed by atoms with Crippen LogP contribution in [-0.2, 0) is 4.74 Å². The van der Waals surface area contributed by atoms with E-state index >= 15 is 0 Å². The normalized spacial score (nSPS) is 12.5. The van der Waals surface area contributed by atoms with Crippen molar-refractivity contribution < 1.29 is 9.53 Å². The van der Waals surface area contributed by atoms with Crippen LogP contribution in [0.1, 0.15) is 23.5 Å². The van der Waals surface area contributed by atoms with Gasteiger partial charge in [0.05, 0.1) is 18.0 Å². The van der Waals surface area contributed by atoms with Crippen LogP contribution in [0.4, 0.5) is 5.69 Å². The van der Waals surface area contributed by atoms with E-state index in [-0.39, 0.29) is 12.0 Å². The van der Waals surface area contributed by atoms with Crippen LogP contribution in [0.3, 0.4) is 0 Å². The van der Waals surface area contributed by atoms with Crippen LogP contribution >= 0.6 is 11.3 Å². The van der Waals surface area contributed by atoms with Gasteiger partial charge in [-0.15, -0.1) is 16.4 Å². The molecule has 0 aliphatic heterocycles. The Kier molecular flexibility index (Phi) is 4.28. The number of hydrogen-bond acceptors (Lipinski definition) is 6. The molecule has 0 aromatic carbocycles. The van der Waals surface area contributed by atoms with E-state index in [0.717, 1.165) is 5.39 Å². The summed E-state index contributed by atoms with van der Waals surface area (Å²) < 4.78 is 5.35. The number of rotatable bonds is 5. The number of anilines is 1. The number of carbonyl (C=O) groups is 1. The number of nitrogens with one attached hydrogen (secondary N) is 1. The van der Waals surface area contributed by atoms with Gasteiger partial charge in [-0.25, -0.2) is 0 Å². The van der Waals surface area contributed by atoms with Crippen molar-refractivity contribution in [2.45, 2.75) is 20.0 Å². The van der Waals surface area contributed by atoms with Crippen LogP contribution in [0.2, 0.25) is 0 Å². The summed E-state index contributed by atoms with van der Waals surface area (Å²) in [6.45, 7) is 4.90. The Morgan fingerprint density at radius 1 is 1.63 bits per heavy atom. The van der Waals surface area contributed by atoms with Crippen molar-refractivity contribution in [1.82, 2.24) is 15.5 Å². The minimum atomic E-state index is -0.202. The summed E-state index contributed by atoms with van der Waals surface area (Å²) >= 11 is 1.25. The van der Waals surface area contributed by atoms with Crippen LogP contribution in [0.15, 0.2) is 12.3 Å². The Labute approximate surface area is 115 Å². The maximum absolute atomic E-state index is 12.1. The average Bonchev–Trinajstić information content (AvgIpc) is 2.74. The lowest BCUT2D eigenvalue weighted by Crippen LogP contribution is -2.32. The molecule has 0 spiro atoms. The van der Waals surface area contributed by atoms with Crippen molar-refractivity contribution in [3.05, 3.63) is 17.1 Å². The van der Waals surface area contributed by atoms with E-state index in [0.29, 0.717) is 28.5 Å². The lowest BCUT2D eigenvalue weighted by molar-refractivity contribution is 0.0697. The Balaban J connectivity index is 2.11. The van der Waals surface area contributed by atoms with Gasteiger partial charge in [0.1, 0.15) is 9.71 Å². The van der Waals surface area contributed by atoms with Crippen molar-refractivity contribution in [2.24, 2.45) is 0 Å². The van der Waals surface area contributed by atoms with Gasteiger partial charge in [-0.05, 0) is 19.9 Å². The van der Waals surface area contributed by atoms with E-state index in [4.69, 9.17) is 10.5 Å². The Hall–Kier alpha value is -1.73. The first-order chi connectivity index (χ1) is 9.13. The fraction of sp³-hybridized carbons (Fsp3) is 0.417. The van der Waals surface area contributed by atoms with Crippen molar-refractivity contribution >= 4 is 33.1 Å². The third kappa shape index (κ3) is 2.99. The highest BCUT2D eigenvalue weighted by molar-refractivity contribution is 7.21. The molecule has 1 unspecified atom stereocenters. The van der Waals surface area contributed by atoms with Crippen molar-refractivity contribution in [2.75, 3.05) is 18.9 Å². The molecule has 7 heteroatoms. The number of aromatic nitrogens is 2. The second-order valence-electron chi connectivity index (χ2n) is 4.07. The van der Waals surface area contributed by atoms with Crippen LogP contribution in [0.25, 0.3) is 10.2 Å². The van der Waals surface area contributed by atoms with Crippen LogP contribution in [-0.4, -0.2) is 35.4 Å². The number of hydrogen-bond donors (Lipinski definition) is 2. The van der Waals surface area contributed by atoms with E-state index in [9.17, 15) is 4.79 Å². The van der Waals surface area contributed by atoms with E-state index in [1.165, 1.54) is 11.3 Å². The maximum Gasteiger partial charge on any atom is 0.263 e. The third-order valence-corrected chi connectivity index (χ3v) is 3.73. The number of nitrogen functional groups attached to an aromatic ring is 1. The summed E-state index contributed by atoms with van der Waals surface area (Å²) in [6.07, 6.45) is 1.54. The summed E-state index contributed by atoms with van der Waals surface area (Å²) in [5.74, 6) is -0.202. The zero-order valence-corrected chi connectivity index (χ0v) is 11.7. The van der Waals surface area contributed by atoms with Gasteiger partial charge in [-0.2, -0.15) is 5.10 Å². The molecule has 2 aromatic heterocycles. The first-order valence-electron chi connectivity index (χ1n) is 6.03. The third-order valence-electron chi connectivity index (χ3n) is 2.63. The van der Waals surface area contributed by atoms with E-state index in [1.807, 2.05) is 13.8 Å². The summed E-state index contributed by atoms with van der Waals surface area (Å²) in [5, 5.41) is 11.3. The quantitative estimate of drug-likeness (QED) is 0.864. The average molecular weight is 280 g/mol. The molecule has 0 aliphatic rings. The highest BCUT2D eigenvalue weighted by atomic mass is 32.1. The molecule has 0 saturated heterocycles. The molecule has 0 fully saturated rings. The molecule has 102 valence electrons. The van der Waals surface area contributed by atoms with E-state index in [2.05, 4.69) is 15.5 Å². The summed E-state index contributed by atoms with van der Waals surface area (Å²) in [7, 11) is 0. The van der Waals surface area contributed by atoms with Crippen LogP contribution in [0.5, 0.6) is 0 Å². The molecule has 1 atom stereocenters. The van der Waals surface area contributed by atoms with Crippen molar-refractivity contribution in [1.29, 1.82) is 0 Å². The van der Waals surface area contributed by atoms with Gasteiger partial charge >= 0.3 is 0 Å². The second kappa shape index (κ2) is 5.94. The molecule has 19 heavy (non-hydrogen) atoms. The Bertz CT molecular complexity index is 584. The summed E-state index contributed by atoms with van der Waals surface area (Å²) in [5.41, 5.74) is 6.41. The molecule has 0 bridgehead atoms. The number of thiophene rings is 1. The van der Waals surface area contributed by atoms with Crippen LogP contribution < -0.4 is 11.1 Å². The minimum Gasteiger partial charge on any atom is -0.397 e. The topological polar surface area (TPSA) is 90.1 Å². The van der Waals surface area contributed by atoms with Crippen molar-refractivity contribution in [3.63, 3.8) is 0 Å². The van der Waals surface area contributed by atoms with Gasteiger partial charge in [0.2, 0.25) is 0 Å². The van der Waals surface area contributed by atoms with Crippen molar-refractivity contribution in [3.8, 4) is 0 Å². The number of nitrogens with zero attached hydrogens (tertiary/aromatic N) is 2. The van der Waals surface area contributed by atoms with Gasteiger partial charge in [0, 0.05) is 18.5 Å². The van der Waals surface area contributed by atoms with E-state index in [1.54, 1.807) is 12.3 Å². The van der Waals surface area contributed by atoms with Gasteiger partial charge in [-0.3, -0.25) is 4.79 Å². The minimum absolute atomic E-state index is 0.0238. The Morgan fingerprint density at radius 2 is 2.42 bits per heavy atom. The number of carbonyl (C=O) groups excluding carboxylic acids is 1. The molecule has 3 N–H and O–H groups in total. The predicted octanol–water partition coefficient (Wildman–Crippen LogP) is 1.43. The number of fused-ring (bicyclic) bond motifs is 1. The molecule has 2 aromatic rings. The number of nitrogens with two attached hydrogens (primary N) is 1. The fourth-order valence-electron chi connectivity index (χ4n) is 1.70. The lowest BCUT2D eigenvalue weighted by Gasteiger charge is -2.12. The summed E-state index contributed by atoms with van der Waals surface area (Å²) in [6, 6.07) is 1.76. The van der Waals surface area contributed by atoms with E-state index < -0.39 is 0 Å².